The molecule has 0 aromatic rings. The minimum Gasteiger partial charge on any atom is -0.409 e. The minimum absolute atomic E-state index is 0.202. The molecule has 0 heterocycles. The van der Waals surface area contributed by atoms with E-state index in [1.807, 2.05) is 11.8 Å². The fourth-order valence-corrected chi connectivity index (χ4v) is 3.15. The number of amidine groups is 1. The number of nitrogens with zero attached hydrogens (tertiary/aromatic N) is 1. The Balaban J connectivity index is 2.38. The molecule has 13 heavy (non-hydrogen) atoms. The Kier molecular flexibility index (Phi) is 4.42. The van der Waals surface area contributed by atoms with Crippen molar-refractivity contribution < 1.29 is 5.21 Å². The van der Waals surface area contributed by atoms with Crippen LogP contribution in [0.2, 0.25) is 0 Å². The van der Waals surface area contributed by atoms with E-state index in [0.29, 0.717) is 5.84 Å². The standard InChI is InChI=1S/C9H18N2OS/c1-2-8(9(10)11-12)13-7-5-3-4-6-7/h7-8,12H,2-6H2,1H3,(H2,10,11). The maximum Gasteiger partial charge on any atom is 0.152 e. The third-order valence-electron chi connectivity index (χ3n) is 2.48. The van der Waals surface area contributed by atoms with E-state index in [-0.39, 0.29) is 5.25 Å². The van der Waals surface area contributed by atoms with E-state index in [4.69, 9.17) is 10.9 Å². The van der Waals surface area contributed by atoms with Crippen molar-refractivity contribution in [3.63, 3.8) is 0 Å². The molecule has 1 unspecified atom stereocenters. The van der Waals surface area contributed by atoms with Crippen molar-refractivity contribution in [2.75, 3.05) is 0 Å². The zero-order valence-corrected chi connectivity index (χ0v) is 8.89. The van der Waals surface area contributed by atoms with E-state index in [2.05, 4.69) is 12.1 Å². The van der Waals surface area contributed by atoms with Crippen LogP contribution in [0, 0.1) is 0 Å². The molecule has 1 saturated carbocycles. The first kappa shape index (κ1) is 10.7. The molecule has 1 aliphatic rings. The van der Waals surface area contributed by atoms with Gasteiger partial charge in [-0.05, 0) is 19.3 Å². The Morgan fingerprint density at radius 1 is 1.62 bits per heavy atom. The van der Waals surface area contributed by atoms with Crippen molar-refractivity contribution in [1.82, 2.24) is 0 Å². The van der Waals surface area contributed by atoms with Crippen LogP contribution in [-0.4, -0.2) is 21.5 Å². The first-order valence-electron chi connectivity index (χ1n) is 4.90. The number of thioether (sulfide) groups is 1. The van der Waals surface area contributed by atoms with Gasteiger partial charge in [-0.2, -0.15) is 0 Å². The molecule has 0 spiro atoms. The van der Waals surface area contributed by atoms with Gasteiger partial charge in [-0.25, -0.2) is 0 Å². The van der Waals surface area contributed by atoms with E-state index < -0.39 is 0 Å². The highest BCUT2D eigenvalue weighted by molar-refractivity contribution is 8.01. The molecule has 0 aromatic carbocycles. The maximum absolute atomic E-state index is 8.56. The molecule has 1 fully saturated rings. The lowest BCUT2D eigenvalue weighted by molar-refractivity contribution is 0.317. The van der Waals surface area contributed by atoms with E-state index in [1.54, 1.807) is 0 Å². The molecule has 0 saturated heterocycles. The van der Waals surface area contributed by atoms with Gasteiger partial charge < -0.3 is 10.9 Å². The zero-order chi connectivity index (χ0) is 9.68. The van der Waals surface area contributed by atoms with Crippen molar-refractivity contribution in [3.05, 3.63) is 0 Å². The summed E-state index contributed by atoms with van der Waals surface area (Å²) in [6.45, 7) is 2.07. The lowest BCUT2D eigenvalue weighted by Crippen LogP contribution is -2.27. The lowest BCUT2D eigenvalue weighted by atomic mass is 10.3. The molecular weight excluding hydrogens is 184 g/mol. The summed E-state index contributed by atoms with van der Waals surface area (Å²) in [5, 5.41) is 12.6. The Hall–Kier alpha value is -0.380. The molecule has 1 atom stereocenters. The van der Waals surface area contributed by atoms with Crippen LogP contribution < -0.4 is 5.73 Å². The van der Waals surface area contributed by atoms with E-state index in [1.165, 1.54) is 25.7 Å². The second kappa shape index (κ2) is 5.37. The van der Waals surface area contributed by atoms with Gasteiger partial charge in [-0.3, -0.25) is 0 Å². The molecule has 76 valence electrons. The van der Waals surface area contributed by atoms with Gasteiger partial charge in [0.2, 0.25) is 0 Å². The highest BCUT2D eigenvalue weighted by atomic mass is 32.2. The van der Waals surface area contributed by atoms with Crippen LogP contribution in [0.3, 0.4) is 0 Å². The first-order valence-corrected chi connectivity index (χ1v) is 5.85. The highest BCUT2D eigenvalue weighted by Crippen LogP contribution is 2.33. The summed E-state index contributed by atoms with van der Waals surface area (Å²) in [5.74, 6) is 0.374. The largest absolute Gasteiger partial charge is 0.409 e. The SMILES string of the molecule is CCC(SC1CCCC1)C(N)=NO. The maximum atomic E-state index is 8.56. The summed E-state index contributed by atoms with van der Waals surface area (Å²) in [7, 11) is 0. The molecule has 3 N–H and O–H groups in total. The Morgan fingerprint density at radius 3 is 2.69 bits per heavy atom. The number of rotatable bonds is 4. The third-order valence-corrected chi connectivity index (χ3v) is 4.23. The first-order chi connectivity index (χ1) is 6.27. The summed E-state index contributed by atoms with van der Waals surface area (Å²) in [4.78, 5) is 0. The van der Waals surface area contributed by atoms with Crippen molar-refractivity contribution in [2.45, 2.75) is 49.5 Å². The Bertz CT molecular complexity index is 178. The average Bonchev–Trinajstić information content (AvgIpc) is 2.65. The molecule has 0 aliphatic heterocycles. The van der Waals surface area contributed by atoms with Gasteiger partial charge in [0.1, 0.15) is 0 Å². The molecule has 0 aromatic heterocycles. The second-order valence-electron chi connectivity index (χ2n) is 3.46. The number of oxime groups is 1. The normalized spacial score (nSPS) is 22.1. The number of hydrogen-bond acceptors (Lipinski definition) is 3. The van der Waals surface area contributed by atoms with Gasteiger partial charge in [-0.15, -0.1) is 11.8 Å². The van der Waals surface area contributed by atoms with Crippen LogP contribution in [0.4, 0.5) is 0 Å². The average molecular weight is 202 g/mol. The van der Waals surface area contributed by atoms with E-state index in [9.17, 15) is 0 Å². The van der Waals surface area contributed by atoms with E-state index in [0.717, 1.165) is 11.7 Å². The number of nitrogens with two attached hydrogens (primary N) is 1. The molecule has 0 radical (unpaired) electrons. The quantitative estimate of drug-likeness (QED) is 0.318. The molecular formula is C9H18N2OS. The summed E-state index contributed by atoms with van der Waals surface area (Å²) in [6.07, 6.45) is 6.20. The predicted octanol–water partition coefficient (Wildman–Crippen LogP) is 2.19. The van der Waals surface area contributed by atoms with Crippen molar-refractivity contribution >= 4 is 17.6 Å². The monoisotopic (exact) mass is 202 g/mol. The summed E-state index contributed by atoms with van der Waals surface area (Å²) >= 11 is 1.87. The van der Waals surface area contributed by atoms with Crippen LogP contribution in [0.5, 0.6) is 0 Å². The van der Waals surface area contributed by atoms with Gasteiger partial charge >= 0.3 is 0 Å². The van der Waals surface area contributed by atoms with Gasteiger partial charge in [-0.1, -0.05) is 24.9 Å². The highest BCUT2D eigenvalue weighted by Gasteiger charge is 2.21. The summed E-state index contributed by atoms with van der Waals surface area (Å²) < 4.78 is 0. The fraction of sp³-hybridized carbons (Fsp3) is 0.889. The number of hydrogen-bond donors (Lipinski definition) is 2. The van der Waals surface area contributed by atoms with Crippen LogP contribution >= 0.6 is 11.8 Å². The van der Waals surface area contributed by atoms with Crippen LogP contribution in [0.25, 0.3) is 0 Å². The summed E-state index contributed by atoms with van der Waals surface area (Å²) in [5.41, 5.74) is 5.59. The van der Waals surface area contributed by atoms with Crippen LogP contribution in [0.1, 0.15) is 39.0 Å². The second-order valence-corrected chi connectivity index (χ2v) is 4.97. The van der Waals surface area contributed by atoms with Crippen LogP contribution in [0.15, 0.2) is 5.16 Å². The van der Waals surface area contributed by atoms with Gasteiger partial charge in [0.05, 0.1) is 5.25 Å². The Labute approximate surface area is 83.8 Å². The van der Waals surface area contributed by atoms with Gasteiger partial charge in [0.25, 0.3) is 0 Å². The van der Waals surface area contributed by atoms with Crippen molar-refractivity contribution in [2.24, 2.45) is 10.9 Å². The van der Waals surface area contributed by atoms with Gasteiger partial charge in [0.15, 0.2) is 5.84 Å². The van der Waals surface area contributed by atoms with Crippen LogP contribution in [-0.2, 0) is 0 Å². The summed E-state index contributed by atoms with van der Waals surface area (Å²) in [6, 6.07) is 0. The molecule has 0 amide bonds. The predicted molar refractivity (Wildman–Crippen MR) is 57.3 cm³/mol. The molecule has 4 heteroatoms. The van der Waals surface area contributed by atoms with Gasteiger partial charge in [0, 0.05) is 5.25 Å². The molecule has 1 aliphatic carbocycles. The topological polar surface area (TPSA) is 58.6 Å². The Morgan fingerprint density at radius 2 is 2.23 bits per heavy atom. The molecule has 1 rings (SSSR count). The minimum atomic E-state index is 0.202. The molecule has 0 bridgehead atoms. The molecule has 3 nitrogen and oxygen atoms in total. The lowest BCUT2D eigenvalue weighted by Gasteiger charge is -2.17. The smallest absolute Gasteiger partial charge is 0.152 e. The fourth-order valence-electron chi connectivity index (χ4n) is 1.70. The third kappa shape index (κ3) is 3.10. The van der Waals surface area contributed by atoms with Crippen molar-refractivity contribution in [3.8, 4) is 0 Å². The van der Waals surface area contributed by atoms with E-state index >= 15 is 0 Å². The van der Waals surface area contributed by atoms with Crippen molar-refractivity contribution in [1.29, 1.82) is 0 Å². The zero-order valence-electron chi connectivity index (χ0n) is 8.07.